The van der Waals surface area contributed by atoms with E-state index < -0.39 is 0 Å². The van der Waals surface area contributed by atoms with Gasteiger partial charge in [-0.2, -0.15) is 0 Å². The molecule has 2 aliphatic heterocycles. The van der Waals surface area contributed by atoms with Gasteiger partial charge in [0.1, 0.15) is 0 Å². The molecule has 0 saturated carbocycles. The Morgan fingerprint density at radius 2 is 2.47 bits per heavy atom. The van der Waals surface area contributed by atoms with Gasteiger partial charge < -0.3 is 10.2 Å². The summed E-state index contributed by atoms with van der Waals surface area (Å²) in [5.41, 5.74) is 0. The molecule has 17 heavy (non-hydrogen) atoms. The number of carbonyl (C=O) groups is 1. The number of hydrogen-bond donors (Lipinski definition) is 1. The molecule has 0 spiro atoms. The Kier molecular flexibility index (Phi) is 3.19. The number of fused-ring (bicyclic) bond motifs is 2. The highest BCUT2D eigenvalue weighted by Crippen LogP contribution is 2.27. The minimum absolute atomic E-state index is 0.0341. The molecular formula is C11H14BrN3OS. The van der Waals surface area contributed by atoms with Crippen molar-refractivity contribution in [2.45, 2.75) is 18.9 Å². The summed E-state index contributed by atoms with van der Waals surface area (Å²) in [5, 5.41) is 3.64. The summed E-state index contributed by atoms with van der Waals surface area (Å²) in [7, 11) is 0. The molecule has 2 bridgehead atoms. The van der Waals surface area contributed by atoms with Crippen molar-refractivity contribution in [2.24, 2.45) is 5.92 Å². The molecule has 3 atom stereocenters. The summed E-state index contributed by atoms with van der Waals surface area (Å²) in [6.45, 7) is 3.41. The van der Waals surface area contributed by atoms with Gasteiger partial charge in [-0.3, -0.25) is 4.79 Å². The van der Waals surface area contributed by atoms with Crippen LogP contribution in [0.1, 0.15) is 22.6 Å². The van der Waals surface area contributed by atoms with Crippen molar-refractivity contribution < 1.29 is 4.79 Å². The van der Waals surface area contributed by atoms with Crippen molar-refractivity contribution in [1.29, 1.82) is 0 Å². The largest absolute Gasteiger partial charge is 0.346 e. The van der Waals surface area contributed by atoms with E-state index in [1.54, 1.807) is 6.20 Å². The number of aromatic nitrogens is 1. The lowest BCUT2D eigenvalue weighted by atomic mass is 9.97. The molecule has 3 heterocycles. The predicted molar refractivity (Wildman–Crippen MR) is 70.2 cm³/mol. The highest BCUT2D eigenvalue weighted by molar-refractivity contribution is 9.11. The maximum atomic E-state index is 12.0. The quantitative estimate of drug-likeness (QED) is 0.904. The first-order valence-corrected chi connectivity index (χ1v) is 7.46. The van der Waals surface area contributed by atoms with E-state index in [0.717, 1.165) is 22.7 Å². The van der Waals surface area contributed by atoms with Gasteiger partial charge in [0.15, 0.2) is 5.01 Å². The molecule has 1 aromatic rings. The number of nitrogens with zero attached hydrogens (tertiary/aromatic N) is 2. The fourth-order valence-corrected chi connectivity index (χ4v) is 3.88. The number of carbonyl (C=O) groups excluding carboxylic acids is 1. The number of halogens is 1. The van der Waals surface area contributed by atoms with Crippen LogP contribution in [0.2, 0.25) is 0 Å². The van der Waals surface area contributed by atoms with Crippen LogP contribution in [0.5, 0.6) is 0 Å². The van der Waals surface area contributed by atoms with E-state index in [-0.39, 0.29) is 5.91 Å². The van der Waals surface area contributed by atoms with Gasteiger partial charge in [0.25, 0.3) is 5.91 Å². The minimum atomic E-state index is -0.0341. The summed E-state index contributed by atoms with van der Waals surface area (Å²) in [6.07, 6.45) is 4.08. The molecule has 92 valence electrons. The molecule has 6 heteroatoms. The molecule has 1 aromatic heterocycles. The van der Waals surface area contributed by atoms with E-state index in [1.807, 2.05) is 0 Å². The Hall–Kier alpha value is -0.460. The molecule has 0 aromatic carbocycles. The Morgan fingerprint density at radius 3 is 3.18 bits per heavy atom. The first-order valence-electron chi connectivity index (χ1n) is 5.85. The summed E-state index contributed by atoms with van der Waals surface area (Å²) in [4.78, 5) is 18.5. The lowest BCUT2D eigenvalue weighted by Gasteiger charge is -2.30. The van der Waals surface area contributed by atoms with E-state index in [0.29, 0.717) is 11.0 Å². The Labute approximate surface area is 113 Å². The summed E-state index contributed by atoms with van der Waals surface area (Å²) < 4.78 is 0.898. The van der Waals surface area contributed by atoms with Crippen molar-refractivity contribution >= 4 is 33.2 Å². The van der Waals surface area contributed by atoms with Gasteiger partial charge in [-0.15, -0.1) is 11.3 Å². The van der Waals surface area contributed by atoms with Crippen molar-refractivity contribution in [2.75, 3.05) is 19.6 Å². The van der Waals surface area contributed by atoms with Crippen LogP contribution in [0.4, 0.5) is 0 Å². The van der Waals surface area contributed by atoms with Crippen LogP contribution in [-0.4, -0.2) is 41.5 Å². The maximum absolute atomic E-state index is 12.0. The zero-order valence-corrected chi connectivity index (χ0v) is 11.8. The molecule has 1 N–H and O–H groups in total. The number of piperidine rings is 1. The van der Waals surface area contributed by atoms with Crippen LogP contribution >= 0.6 is 27.3 Å². The van der Waals surface area contributed by atoms with Crippen molar-refractivity contribution in [3.63, 3.8) is 0 Å². The van der Waals surface area contributed by atoms with Crippen molar-refractivity contribution in [3.8, 4) is 0 Å². The first-order chi connectivity index (χ1) is 8.20. The molecule has 1 amide bonds. The third kappa shape index (κ3) is 2.53. The van der Waals surface area contributed by atoms with Gasteiger partial charge in [-0.1, -0.05) is 0 Å². The van der Waals surface area contributed by atoms with E-state index in [2.05, 4.69) is 31.1 Å². The Morgan fingerprint density at radius 1 is 1.59 bits per heavy atom. The predicted octanol–water partition coefficient (Wildman–Crippen LogP) is 1.73. The maximum Gasteiger partial charge on any atom is 0.280 e. The highest BCUT2D eigenvalue weighted by Gasteiger charge is 2.33. The number of hydrogen-bond acceptors (Lipinski definition) is 4. The van der Waals surface area contributed by atoms with E-state index in [9.17, 15) is 4.79 Å². The molecule has 0 radical (unpaired) electrons. The van der Waals surface area contributed by atoms with Crippen molar-refractivity contribution in [3.05, 3.63) is 15.0 Å². The van der Waals surface area contributed by atoms with Gasteiger partial charge in [0, 0.05) is 19.1 Å². The third-order valence-corrected chi connectivity index (χ3v) is 4.95. The zero-order chi connectivity index (χ0) is 11.8. The summed E-state index contributed by atoms with van der Waals surface area (Å²) >= 11 is 4.70. The third-order valence-electron chi connectivity index (χ3n) is 3.47. The molecule has 2 saturated heterocycles. The molecule has 1 unspecified atom stereocenters. The number of thiazole rings is 1. The van der Waals surface area contributed by atoms with E-state index >= 15 is 0 Å². The summed E-state index contributed by atoms with van der Waals surface area (Å²) in [5.74, 6) is 0.741. The van der Waals surface area contributed by atoms with Crippen LogP contribution in [-0.2, 0) is 0 Å². The second kappa shape index (κ2) is 4.66. The van der Waals surface area contributed by atoms with Gasteiger partial charge in [-0.05, 0) is 41.2 Å². The van der Waals surface area contributed by atoms with Crippen LogP contribution in [0.3, 0.4) is 0 Å². The molecule has 4 nitrogen and oxygen atoms in total. The highest BCUT2D eigenvalue weighted by atomic mass is 79.9. The molecule has 3 rings (SSSR count). The zero-order valence-electron chi connectivity index (χ0n) is 9.36. The SMILES string of the molecule is O=C(N[C@@H]1C[C@@H]2CCN(C2)C1)c1ncc(Br)s1. The first kappa shape index (κ1) is 11.6. The normalized spacial score (nSPS) is 31.5. The second-order valence-electron chi connectivity index (χ2n) is 4.79. The van der Waals surface area contributed by atoms with Crippen LogP contribution in [0, 0.1) is 5.92 Å². The molecular weight excluding hydrogens is 302 g/mol. The van der Waals surface area contributed by atoms with Crippen LogP contribution in [0.15, 0.2) is 9.98 Å². The average Bonchev–Trinajstić information content (AvgIpc) is 2.85. The number of rotatable bonds is 2. The molecule has 2 aliphatic rings. The van der Waals surface area contributed by atoms with Gasteiger partial charge in [0.2, 0.25) is 0 Å². The fourth-order valence-electron chi connectivity index (χ4n) is 2.77. The number of amides is 1. The second-order valence-corrected chi connectivity index (χ2v) is 7.20. The smallest absolute Gasteiger partial charge is 0.280 e. The van der Waals surface area contributed by atoms with Crippen molar-refractivity contribution in [1.82, 2.24) is 15.2 Å². The molecule has 0 aliphatic carbocycles. The standard InChI is InChI=1S/C11H14BrN3OS/c12-9-4-13-11(17-9)10(16)14-8-3-7-1-2-15(5-7)6-8/h4,7-8H,1-3,5-6H2,(H,14,16)/t7-,8+/m0/s1. The monoisotopic (exact) mass is 315 g/mol. The average molecular weight is 316 g/mol. The van der Waals surface area contributed by atoms with E-state index in [4.69, 9.17) is 0 Å². The Balaban J connectivity index is 1.62. The van der Waals surface area contributed by atoms with Crippen LogP contribution < -0.4 is 5.32 Å². The van der Waals surface area contributed by atoms with Gasteiger partial charge in [-0.25, -0.2) is 4.98 Å². The van der Waals surface area contributed by atoms with E-state index in [1.165, 1.54) is 30.8 Å². The fraction of sp³-hybridized carbons (Fsp3) is 0.636. The van der Waals surface area contributed by atoms with Gasteiger partial charge in [0.05, 0.1) is 9.98 Å². The summed E-state index contributed by atoms with van der Waals surface area (Å²) in [6, 6.07) is 0.298. The topological polar surface area (TPSA) is 45.2 Å². The van der Waals surface area contributed by atoms with Crippen LogP contribution in [0.25, 0.3) is 0 Å². The lowest BCUT2D eigenvalue weighted by molar-refractivity contribution is 0.0909. The Bertz CT molecular complexity index is 424. The number of nitrogens with one attached hydrogen (secondary N) is 1. The van der Waals surface area contributed by atoms with Gasteiger partial charge >= 0.3 is 0 Å². The molecule has 2 fully saturated rings. The minimum Gasteiger partial charge on any atom is -0.346 e. The lowest BCUT2D eigenvalue weighted by Crippen LogP contribution is -2.46.